The topological polar surface area (TPSA) is 111 Å². The molecule has 1 aromatic heterocycles. The molecule has 0 spiro atoms. The average Bonchev–Trinajstić information content (AvgIpc) is 3.27. The number of H-pyrrole nitrogens is 1. The number of aromatic nitrogens is 1. The van der Waals surface area contributed by atoms with Crippen LogP contribution in [0.3, 0.4) is 0 Å². The van der Waals surface area contributed by atoms with Crippen LogP contribution in [0.4, 0.5) is 0 Å². The van der Waals surface area contributed by atoms with Gasteiger partial charge in [0, 0.05) is 29.1 Å². The van der Waals surface area contributed by atoms with Gasteiger partial charge in [-0.25, -0.2) is 4.79 Å². The Balaban J connectivity index is 1.59. The van der Waals surface area contributed by atoms with Gasteiger partial charge in [-0.05, 0) is 42.3 Å². The fraction of sp³-hybridized carbons (Fsp3) is 0.107. The summed E-state index contributed by atoms with van der Waals surface area (Å²) < 4.78 is 0. The Morgan fingerprint density at radius 3 is 2.34 bits per heavy atom. The molecule has 0 bridgehead atoms. The van der Waals surface area contributed by atoms with Crippen molar-refractivity contribution in [1.29, 1.82) is 0 Å². The number of rotatable bonds is 8. The van der Waals surface area contributed by atoms with E-state index in [0.29, 0.717) is 11.1 Å². The van der Waals surface area contributed by atoms with Crippen LogP contribution in [0.25, 0.3) is 17.0 Å². The minimum atomic E-state index is -1.20. The molecular formula is C28H25N3O4. The summed E-state index contributed by atoms with van der Waals surface area (Å²) in [4.78, 5) is 41.1. The average molecular weight is 468 g/mol. The molecule has 176 valence electrons. The number of benzene rings is 3. The first-order valence-corrected chi connectivity index (χ1v) is 11.1. The van der Waals surface area contributed by atoms with Crippen molar-refractivity contribution in [2.45, 2.75) is 19.4 Å². The number of hydrogen-bond acceptors (Lipinski definition) is 3. The number of carboxylic acid groups (broad SMARTS) is 1. The second-order valence-electron chi connectivity index (χ2n) is 8.22. The van der Waals surface area contributed by atoms with Gasteiger partial charge in [-0.1, -0.05) is 66.2 Å². The third-order valence-electron chi connectivity index (χ3n) is 5.62. The highest BCUT2D eigenvalue weighted by atomic mass is 16.4. The molecule has 7 heteroatoms. The molecule has 0 fully saturated rings. The number of carbonyl (C=O) groups excluding carboxylic acids is 2. The van der Waals surface area contributed by atoms with E-state index in [4.69, 9.17) is 0 Å². The zero-order valence-electron chi connectivity index (χ0n) is 19.1. The molecule has 1 heterocycles. The van der Waals surface area contributed by atoms with Gasteiger partial charge in [0.2, 0.25) is 0 Å². The van der Waals surface area contributed by atoms with E-state index in [1.54, 1.807) is 36.5 Å². The number of para-hydroxylation sites is 1. The van der Waals surface area contributed by atoms with Gasteiger partial charge in [-0.2, -0.15) is 0 Å². The van der Waals surface area contributed by atoms with Gasteiger partial charge in [0.15, 0.2) is 0 Å². The summed E-state index contributed by atoms with van der Waals surface area (Å²) in [6.07, 6.45) is 3.35. The Morgan fingerprint density at radius 1 is 0.943 bits per heavy atom. The van der Waals surface area contributed by atoms with Crippen LogP contribution in [0.15, 0.2) is 90.8 Å². The number of amides is 2. The molecule has 3 aromatic carbocycles. The molecule has 0 aliphatic carbocycles. The van der Waals surface area contributed by atoms with Gasteiger partial charge >= 0.3 is 5.97 Å². The Hall–Kier alpha value is -4.65. The fourth-order valence-corrected chi connectivity index (χ4v) is 3.73. The van der Waals surface area contributed by atoms with E-state index >= 15 is 0 Å². The predicted molar refractivity (Wildman–Crippen MR) is 135 cm³/mol. The van der Waals surface area contributed by atoms with Crippen LogP contribution in [-0.4, -0.2) is 33.9 Å². The quantitative estimate of drug-likeness (QED) is 0.293. The summed E-state index contributed by atoms with van der Waals surface area (Å²) in [5.41, 5.74) is 3.72. The van der Waals surface area contributed by atoms with E-state index < -0.39 is 23.8 Å². The number of fused-ring (bicyclic) bond motifs is 1. The maximum absolute atomic E-state index is 13.2. The largest absolute Gasteiger partial charge is 0.480 e. The molecular weight excluding hydrogens is 442 g/mol. The molecule has 0 unspecified atom stereocenters. The molecule has 0 radical (unpaired) electrons. The minimum Gasteiger partial charge on any atom is -0.480 e. The first-order valence-electron chi connectivity index (χ1n) is 11.1. The fourth-order valence-electron chi connectivity index (χ4n) is 3.73. The molecule has 0 saturated heterocycles. The van der Waals surface area contributed by atoms with Crippen molar-refractivity contribution in [3.05, 3.63) is 113 Å². The van der Waals surface area contributed by atoms with Crippen LogP contribution >= 0.6 is 0 Å². The molecule has 0 aliphatic heterocycles. The summed E-state index contributed by atoms with van der Waals surface area (Å²) in [6, 6.07) is 22.3. The lowest BCUT2D eigenvalue weighted by Crippen LogP contribution is -2.45. The van der Waals surface area contributed by atoms with Crippen LogP contribution in [-0.2, 0) is 16.0 Å². The Morgan fingerprint density at radius 2 is 1.63 bits per heavy atom. The lowest BCUT2D eigenvalue weighted by Gasteiger charge is -2.17. The Bertz CT molecular complexity index is 1390. The van der Waals surface area contributed by atoms with E-state index in [-0.39, 0.29) is 12.1 Å². The minimum absolute atomic E-state index is 0.0483. The van der Waals surface area contributed by atoms with E-state index in [1.807, 2.05) is 55.5 Å². The zero-order chi connectivity index (χ0) is 24.8. The summed E-state index contributed by atoms with van der Waals surface area (Å²) >= 11 is 0. The Kier molecular flexibility index (Phi) is 7.07. The molecule has 0 aliphatic rings. The van der Waals surface area contributed by atoms with Crippen molar-refractivity contribution in [3.63, 3.8) is 0 Å². The van der Waals surface area contributed by atoms with Crippen LogP contribution in [0.2, 0.25) is 0 Å². The van der Waals surface area contributed by atoms with Crippen molar-refractivity contribution in [3.8, 4) is 0 Å². The molecule has 4 aromatic rings. The van der Waals surface area contributed by atoms with E-state index in [0.717, 1.165) is 22.0 Å². The summed E-state index contributed by atoms with van der Waals surface area (Å²) in [7, 11) is 0. The first kappa shape index (κ1) is 23.5. The van der Waals surface area contributed by atoms with Gasteiger partial charge in [0.25, 0.3) is 11.8 Å². The Labute approximate surface area is 202 Å². The third-order valence-corrected chi connectivity index (χ3v) is 5.62. The van der Waals surface area contributed by atoms with Crippen molar-refractivity contribution in [2.24, 2.45) is 0 Å². The van der Waals surface area contributed by atoms with Crippen LogP contribution in [0.5, 0.6) is 0 Å². The number of aryl methyl sites for hydroxylation is 1. The maximum Gasteiger partial charge on any atom is 0.326 e. The van der Waals surface area contributed by atoms with Crippen LogP contribution < -0.4 is 10.6 Å². The molecule has 35 heavy (non-hydrogen) atoms. The van der Waals surface area contributed by atoms with Gasteiger partial charge in [0.05, 0.1) is 0 Å². The summed E-state index contributed by atoms with van der Waals surface area (Å²) in [6.45, 7) is 1.94. The van der Waals surface area contributed by atoms with Crippen molar-refractivity contribution >= 4 is 34.8 Å². The molecule has 4 N–H and O–H groups in total. The first-order chi connectivity index (χ1) is 16.9. The van der Waals surface area contributed by atoms with Gasteiger partial charge in [0.1, 0.15) is 11.7 Å². The maximum atomic E-state index is 13.2. The normalized spacial score (nSPS) is 12.2. The molecule has 0 saturated carbocycles. The highest BCUT2D eigenvalue weighted by Gasteiger charge is 2.24. The zero-order valence-corrected chi connectivity index (χ0v) is 19.1. The number of aromatic amines is 1. The van der Waals surface area contributed by atoms with Gasteiger partial charge in [-0.15, -0.1) is 0 Å². The van der Waals surface area contributed by atoms with Crippen LogP contribution in [0, 0.1) is 6.92 Å². The number of carboxylic acids is 1. The molecule has 2 amide bonds. The lowest BCUT2D eigenvalue weighted by atomic mass is 10.0. The number of aliphatic carboxylic acids is 1. The van der Waals surface area contributed by atoms with Crippen LogP contribution in [0.1, 0.15) is 27.0 Å². The summed E-state index contributed by atoms with van der Waals surface area (Å²) in [5.74, 6) is -2.34. The lowest BCUT2D eigenvalue weighted by molar-refractivity contribution is -0.141. The second kappa shape index (κ2) is 10.5. The molecule has 4 rings (SSSR count). The van der Waals surface area contributed by atoms with Gasteiger partial charge in [-0.3, -0.25) is 9.59 Å². The SMILES string of the molecule is Cc1ccc(/C=C(/NC(=O)c2ccccc2)C(=O)N[C@@H](Cc2c[nH]c3ccccc23)C(=O)O)cc1. The number of hydrogen-bond donors (Lipinski definition) is 4. The van der Waals surface area contributed by atoms with Crippen molar-refractivity contribution < 1.29 is 19.5 Å². The van der Waals surface area contributed by atoms with Crippen molar-refractivity contribution in [2.75, 3.05) is 0 Å². The molecule has 7 nitrogen and oxygen atoms in total. The highest BCUT2D eigenvalue weighted by Crippen LogP contribution is 2.19. The highest BCUT2D eigenvalue weighted by molar-refractivity contribution is 6.06. The standard InChI is InChI=1S/C28H25N3O4/c1-18-11-13-19(14-12-18)15-24(30-26(32)20-7-3-2-4-8-20)27(33)31-25(28(34)35)16-21-17-29-23-10-6-5-9-22(21)23/h2-15,17,25,29H,16H2,1H3,(H,30,32)(H,31,33)(H,34,35)/b24-15+/t25-/m0/s1. The number of carbonyl (C=O) groups is 3. The van der Waals surface area contributed by atoms with Gasteiger partial charge < -0.3 is 20.7 Å². The smallest absolute Gasteiger partial charge is 0.326 e. The number of nitrogens with one attached hydrogen (secondary N) is 3. The van der Waals surface area contributed by atoms with E-state index in [9.17, 15) is 19.5 Å². The molecule has 1 atom stereocenters. The monoisotopic (exact) mass is 467 g/mol. The summed E-state index contributed by atoms with van der Waals surface area (Å²) in [5, 5.41) is 15.9. The second-order valence-corrected chi connectivity index (χ2v) is 8.22. The van der Waals surface area contributed by atoms with E-state index in [2.05, 4.69) is 15.6 Å². The van der Waals surface area contributed by atoms with E-state index in [1.165, 1.54) is 6.08 Å². The van der Waals surface area contributed by atoms with Crippen molar-refractivity contribution in [1.82, 2.24) is 15.6 Å². The predicted octanol–water partition coefficient (Wildman–Crippen LogP) is 4.06. The third kappa shape index (κ3) is 5.83.